The topological polar surface area (TPSA) is 98.7 Å². The van der Waals surface area contributed by atoms with Crippen LogP contribution in [0, 0.1) is 0 Å². The van der Waals surface area contributed by atoms with E-state index < -0.39 is 17.9 Å². The molecule has 0 aromatic carbocycles. The molecule has 3 N–H and O–H groups in total. The average molecular weight is 297 g/mol. The summed E-state index contributed by atoms with van der Waals surface area (Å²) < 4.78 is 0. The third kappa shape index (κ3) is 5.55. The van der Waals surface area contributed by atoms with Gasteiger partial charge < -0.3 is 15.3 Å². The zero-order valence-corrected chi connectivity index (χ0v) is 12.7. The zero-order valence-electron chi connectivity index (χ0n) is 12.7. The van der Waals surface area contributed by atoms with E-state index in [1.165, 1.54) is 26.7 Å². The molecule has 0 saturated carbocycles. The normalized spacial score (nSPS) is 17.9. The van der Waals surface area contributed by atoms with Crippen LogP contribution >= 0.6 is 0 Å². The summed E-state index contributed by atoms with van der Waals surface area (Å²) in [6.07, 6.45) is 2.35. The summed E-state index contributed by atoms with van der Waals surface area (Å²) in [4.78, 5) is 36.4. The molecule has 0 radical (unpaired) electrons. The van der Waals surface area contributed by atoms with Crippen LogP contribution in [0.4, 0.5) is 4.79 Å². The fraction of sp³-hybridized carbons (Fsp3) is 0.643. The molecule has 0 aromatic rings. The Morgan fingerprint density at radius 2 is 1.71 bits per heavy atom. The van der Waals surface area contributed by atoms with Crippen LogP contribution in [0.15, 0.2) is 11.1 Å². The van der Waals surface area contributed by atoms with Gasteiger partial charge in [0.2, 0.25) is 0 Å². The maximum absolute atomic E-state index is 11.7. The highest BCUT2D eigenvalue weighted by molar-refractivity contribution is 6.07. The van der Waals surface area contributed by atoms with E-state index in [0.29, 0.717) is 0 Å². The van der Waals surface area contributed by atoms with Gasteiger partial charge >= 0.3 is 12.0 Å². The van der Waals surface area contributed by atoms with Gasteiger partial charge in [0.05, 0.1) is 0 Å². The number of likely N-dealkylation sites (tertiary alicyclic amines) is 1. The number of amides is 3. The van der Waals surface area contributed by atoms with Crippen LogP contribution in [0.2, 0.25) is 0 Å². The summed E-state index contributed by atoms with van der Waals surface area (Å²) in [6.45, 7) is 7.38. The predicted molar refractivity (Wildman–Crippen MR) is 77.8 cm³/mol. The number of urea groups is 1. The van der Waals surface area contributed by atoms with Crippen LogP contribution in [0.25, 0.3) is 0 Å². The molecule has 7 nitrogen and oxygen atoms in total. The fourth-order valence-corrected chi connectivity index (χ4v) is 2.19. The van der Waals surface area contributed by atoms with Crippen molar-refractivity contribution in [1.29, 1.82) is 0 Å². The molecule has 1 aliphatic rings. The second-order valence-corrected chi connectivity index (χ2v) is 5.39. The molecular formula is C14H23N3O4. The van der Waals surface area contributed by atoms with Crippen molar-refractivity contribution in [1.82, 2.24) is 15.5 Å². The molecule has 1 heterocycles. The van der Waals surface area contributed by atoms with Crippen molar-refractivity contribution < 1.29 is 19.5 Å². The first kappa shape index (κ1) is 17.2. The molecule has 1 saturated heterocycles. The molecule has 7 heteroatoms. The Morgan fingerprint density at radius 1 is 1.14 bits per heavy atom. The van der Waals surface area contributed by atoms with Gasteiger partial charge in [-0.15, -0.1) is 0 Å². The first-order valence-electron chi connectivity index (χ1n) is 7.06. The van der Waals surface area contributed by atoms with Crippen molar-refractivity contribution in [3.8, 4) is 0 Å². The SMILES string of the molecule is CC(C(=O)O)=C(C)C(=O)NC(=O)NC(C)CN1CCCC1. The molecule has 21 heavy (non-hydrogen) atoms. The average Bonchev–Trinajstić information content (AvgIpc) is 2.88. The lowest BCUT2D eigenvalue weighted by molar-refractivity contribution is -0.133. The Bertz CT molecular complexity index is 453. The third-order valence-corrected chi connectivity index (χ3v) is 3.56. The van der Waals surface area contributed by atoms with Gasteiger partial charge in [-0.2, -0.15) is 0 Å². The maximum atomic E-state index is 11.7. The van der Waals surface area contributed by atoms with E-state index in [-0.39, 0.29) is 17.2 Å². The third-order valence-electron chi connectivity index (χ3n) is 3.56. The van der Waals surface area contributed by atoms with Crippen LogP contribution in [0.1, 0.15) is 33.6 Å². The molecule has 1 atom stereocenters. The Labute approximate surface area is 124 Å². The molecule has 1 fully saturated rings. The lowest BCUT2D eigenvalue weighted by Gasteiger charge is -2.21. The van der Waals surface area contributed by atoms with Crippen molar-refractivity contribution in [2.24, 2.45) is 0 Å². The number of nitrogens with one attached hydrogen (secondary N) is 2. The van der Waals surface area contributed by atoms with Crippen molar-refractivity contribution in [2.75, 3.05) is 19.6 Å². The van der Waals surface area contributed by atoms with E-state index >= 15 is 0 Å². The lowest BCUT2D eigenvalue weighted by atomic mass is 10.1. The zero-order chi connectivity index (χ0) is 16.0. The quantitative estimate of drug-likeness (QED) is 0.649. The highest BCUT2D eigenvalue weighted by Crippen LogP contribution is 2.07. The highest BCUT2D eigenvalue weighted by atomic mass is 16.4. The Morgan fingerprint density at radius 3 is 2.24 bits per heavy atom. The number of imide groups is 1. The number of hydrogen-bond donors (Lipinski definition) is 3. The number of carbonyl (C=O) groups is 3. The first-order valence-corrected chi connectivity index (χ1v) is 7.06. The Balaban J connectivity index is 2.43. The molecule has 0 aromatic heterocycles. The monoisotopic (exact) mass is 297 g/mol. The minimum Gasteiger partial charge on any atom is -0.478 e. The van der Waals surface area contributed by atoms with Crippen molar-refractivity contribution >= 4 is 17.9 Å². The molecule has 0 spiro atoms. The minimum absolute atomic E-state index is 0.0184. The van der Waals surface area contributed by atoms with Crippen LogP contribution in [-0.4, -0.2) is 53.6 Å². The first-order chi connectivity index (χ1) is 9.81. The van der Waals surface area contributed by atoms with E-state index in [0.717, 1.165) is 19.6 Å². The predicted octanol–water partition coefficient (Wildman–Crippen LogP) is 0.718. The molecule has 0 aliphatic carbocycles. The Hall–Kier alpha value is -1.89. The summed E-state index contributed by atoms with van der Waals surface area (Å²) in [5, 5.41) is 13.6. The molecule has 1 rings (SSSR count). The Kier molecular flexibility index (Phi) is 6.36. The van der Waals surface area contributed by atoms with E-state index in [1.807, 2.05) is 6.92 Å². The van der Waals surface area contributed by atoms with E-state index in [1.54, 1.807) is 0 Å². The van der Waals surface area contributed by atoms with Gasteiger partial charge in [-0.1, -0.05) is 0 Å². The van der Waals surface area contributed by atoms with Gasteiger partial charge in [0.15, 0.2) is 0 Å². The van der Waals surface area contributed by atoms with Crippen molar-refractivity contribution in [3.63, 3.8) is 0 Å². The van der Waals surface area contributed by atoms with Crippen LogP contribution in [0.3, 0.4) is 0 Å². The maximum Gasteiger partial charge on any atom is 0.331 e. The molecular weight excluding hydrogens is 274 g/mol. The molecule has 1 unspecified atom stereocenters. The summed E-state index contributed by atoms with van der Waals surface area (Å²) in [7, 11) is 0. The highest BCUT2D eigenvalue weighted by Gasteiger charge is 2.18. The number of carbonyl (C=O) groups excluding carboxylic acids is 2. The number of carboxylic acid groups (broad SMARTS) is 1. The summed E-state index contributed by atoms with van der Waals surface area (Å²) in [5.74, 6) is -1.87. The van der Waals surface area contributed by atoms with Gasteiger partial charge in [0.25, 0.3) is 5.91 Å². The van der Waals surface area contributed by atoms with Crippen LogP contribution in [0.5, 0.6) is 0 Å². The smallest absolute Gasteiger partial charge is 0.331 e. The molecule has 118 valence electrons. The van der Waals surface area contributed by atoms with Crippen LogP contribution < -0.4 is 10.6 Å². The summed E-state index contributed by atoms with van der Waals surface area (Å²) >= 11 is 0. The van der Waals surface area contributed by atoms with E-state index in [9.17, 15) is 14.4 Å². The van der Waals surface area contributed by atoms with Gasteiger partial charge in [-0.05, 0) is 46.7 Å². The van der Waals surface area contributed by atoms with E-state index in [2.05, 4.69) is 15.5 Å². The number of nitrogens with zero attached hydrogens (tertiary/aromatic N) is 1. The van der Waals surface area contributed by atoms with Crippen molar-refractivity contribution in [2.45, 2.75) is 39.7 Å². The van der Waals surface area contributed by atoms with Crippen LogP contribution in [-0.2, 0) is 9.59 Å². The van der Waals surface area contributed by atoms with Gasteiger partial charge in [-0.25, -0.2) is 9.59 Å². The second kappa shape index (κ2) is 7.78. The number of hydrogen-bond acceptors (Lipinski definition) is 4. The van der Waals surface area contributed by atoms with Gasteiger partial charge in [0, 0.05) is 23.7 Å². The second-order valence-electron chi connectivity index (χ2n) is 5.39. The fourth-order valence-electron chi connectivity index (χ4n) is 2.19. The summed E-state index contributed by atoms with van der Waals surface area (Å²) in [5.41, 5.74) is -0.0599. The lowest BCUT2D eigenvalue weighted by Crippen LogP contribution is -2.47. The molecule has 1 aliphatic heterocycles. The largest absolute Gasteiger partial charge is 0.478 e. The van der Waals surface area contributed by atoms with E-state index in [4.69, 9.17) is 5.11 Å². The number of rotatable bonds is 5. The van der Waals surface area contributed by atoms with Gasteiger partial charge in [0.1, 0.15) is 0 Å². The molecule has 0 bridgehead atoms. The molecule has 3 amide bonds. The van der Waals surface area contributed by atoms with Gasteiger partial charge in [-0.3, -0.25) is 10.1 Å². The number of carboxylic acids is 1. The van der Waals surface area contributed by atoms with Crippen molar-refractivity contribution in [3.05, 3.63) is 11.1 Å². The minimum atomic E-state index is -1.18. The summed E-state index contributed by atoms with van der Waals surface area (Å²) in [6, 6.07) is -0.690. The number of aliphatic carboxylic acids is 1. The standard InChI is InChI=1S/C14H23N3O4/c1-9(8-17-6-4-5-7-17)15-14(21)16-12(18)10(2)11(3)13(19)20/h9H,4-8H2,1-3H3,(H,19,20)(H2,15,16,18,21).